The summed E-state index contributed by atoms with van der Waals surface area (Å²) in [5, 5.41) is 9.64. The SMILES string of the molecule is CC/C=C/C/C=C/C/C=C/C/C=C/C/C=C/C/C=C/CCC(=O)OCC(COCCC(C(=O)O)[N+](C)(C)C)OC(=O)CCCCCCC/C=C/CCCCCCCCCCC. The van der Waals surface area contributed by atoms with Crippen molar-refractivity contribution in [2.75, 3.05) is 41.0 Å². The molecule has 2 atom stereocenters. The molecule has 348 valence electrons. The molecular formula is C53H90NO7+. The van der Waals surface area contributed by atoms with E-state index >= 15 is 0 Å². The fraction of sp³-hybridized carbons (Fsp3) is 0.679. The third-order valence-electron chi connectivity index (χ3n) is 10.3. The molecule has 0 spiro atoms. The number of aliphatic carboxylic acids is 1. The van der Waals surface area contributed by atoms with Gasteiger partial charge in [0.05, 0.1) is 34.4 Å². The van der Waals surface area contributed by atoms with Crippen LogP contribution in [0.2, 0.25) is 0 Å². The van der Waals surface area contributed by atoms with Crippen LogP contribution in [0.3, 0.4) is 0 Å². The number of carboxylic acid groups (broad SMARTS) is 1. The van der Waals surface area contributed by atoms with Gasteiger partial charge in [-0.2, -0.15) is 0 Å². The van der Waals surface area contributed by atoms with Gasteiger partial charge in [-0.15, -0.1) is 0 Å². The Labute approximate surface area is 373 Å². The van der Waals surface area contributed by atoms with Crippen molar-refractivity contribution in [1.29, 1.82) is 0 Å². The van der Waals surface area contributed by atoms with Crippen molar-refractivity contribution < 1.29 is 38.2 Å². The maximum Gasteiger partial charge on any atom is 0.362 e. The van der Waals surface area contributed by atoms with Crippen molar-refractivity contribution in [3.05, 3.63) is 85.1 Å². The predicted molar refractivity (Wildman–Crippen MR) is 256 cm³/mol. The van der Waals surface area contributed by atoms with Crippen molar-refractivity contribution in [3.63, 3.8) is 0 Å². The minimum absolute atomic E-state index is 0.0301. The highest BCUT2D eigenvalue weighted by Gasteiger charge is 2.31. The zero-order valence-corrected chi connectivity index (χ0v) is 39.6. The molecule has 0 aromatic heterocycles. The van der Waals surface area contributed by atoms with Crippen LogP contribution in [0.4, 0.5) is 0 Å². The van der Waals surface area contributed by atoms with Gasteiger partial charge in [0.15, 0.2) is 12.1 Å². The molecule has 61 heavy (non-hydrogen) atoms. The summed E-state index contributed by atoms with van der Waals surface area (Å²) >= 11 is 0. The number of rotatable bonds is 42. The first-order valence-corrected chi connectivity index (χ1v) is 24.1. The van der Waals surface area contributed by atoms with Crippen molar-refractivity contribution in [1.82, 2.24) is 0 Å². The van der Waals surface area contributed by atoms with Crippen LogP contribution in [-0.4, -0.2) is 80.6 Å². The van der Waals surface area contributed by atoms with E-state index in [1.165, 1.54) is 70.6 Å². The topological polar surface area (TPSA) is 99.1 Å². The largest absolute Gasteiger partial charge is 0.477 e. The van der Waals surface area contributed by atoms with Crippen molar-refractivity contribution in [2.45, 2.75) is 193 Å². The Kier molecular flexibility index (Phi) is 40.7. The number of allylic oxidation sites excluding steroid dienone is 14. The summed E-state index contributed by atoms with van der Waals surface area (Å²) in [5.41, 5.74) is 0. The number of likely N-dealkylation sites (N-methyl/N-ethyl adjacent to an activating group) is 1. The first kappa shape index (κ1) is 57.5. The third kappa shape index (κ3) is 41.6. The number of carboxylic acids is 1. The zero-order chi connectivity index (χ0) is 44.9. The molecule has 0 radical (unpaired) electrons. The molecule has 8 nitrogen and oxygen atoms in total. The Morgan fingerprint density at radius 1 is 0.508 bits per heavy atom. The van der Waals surface area contributed by atoms with E-state index in [1.54, 1.807) is 0 Å². The molecule has 0 aromatic rings. The number of hydrogen-bond acceptors (Lipinski definition) is 6. The van der Waals surface area contributed by atoms with E-state index in [4.69, 9.17) is 14.2 Å². The van der Waals surface area contributed by atoms with Crippen LogP contribution in [0.25, 0.3) is 0 Å². The fourth-order valence-corrected chi connectivity index (χ4v) is 6.58. The molecule has 0 bridgehead atoms. The summed E-state index contributed by atoms with van der Waals surface area (Å²) in [6, 6.07) is -0.631. The highest BCUT2D eigenvalue weighted by molar-refractivity contribution is 5.72. The number of ether oxygens (including phenoxy) is 3. The van der Waals surface area contributed by atoms with Crippen LogP contribution in [0.15, 0.2) is 85.1 Å². The van der Waals surface area contributed by atoms with E-state index in [0.29, 0.717) is 19.3 Å². The molecule has 0 aliphatic carbocycles. The number of nitrogens with zero attached hydrogens (tertiary/aromatic N) is 1. The molecule has 8 heteroatoms. The Bertz CT molecular complexity index is 1270. The van der Waals surface area contributed by atoms with Crippen LogP contribution < -0.4 is 0 Å². The van der Waals surface area contributed by atoms with Gasteiger partial charge in [-0.1, -0.05) is 170 Å². The Morgan fingerprint density at radius 2 is 0.951 bits per heavy atom. The molecule has 0 rings (SSSR count). The summed E-state index contributed by atoms with van der Waals surface area (Å²) in [6.07, 6.45) is 56.4. The lowest BCUT2D eigenvalue weighted by molar-refractivity contribution is -0.887. The average molecular weight is 853 g/mol. The summed E-state index contributed by atoms with van der Waals surface area (Å²) in [4.78, 5) is 37.0. The minimum atomic E-state index is -0.888. The second kappa shape index (κ2) is 43.2. The van der Waals surface area contributed by atoms with Crippen LogP contribution in [-0.2, 0) is 28.6 Å². The van der Waals surface area contributed by atoms with Crippen LogP contribution in [0.5, 0.6) is 0 Å². The van der Waals surface area contributed by atoms with Crippen molar-refractivity contribution in [2.24, 2.45) is 0 Å². The van der Waals surface area contributed by atoms with Crippen LogP contribution >= 0.6 is 0 Å². The molecule has 0 heterocycles. The summed E-state index contributed by atoms with van der Waals surface area (Å²) in [7, 11) is 5.50. The Balaban J connectivity index is 4.43. The van der Waals surface area contributed by atoms with E-state index in [-0.39, 0.29) is 42.7 Å². The number of carbonyl (C=O) groups is 3. The predicted octanol–water partition coefficient (Wildman–Crippen LogP) is 13.7. The average Bonchev–Trinajstić information content (AvgIpc) is 3.22. The monoisotopic (exact) mass is 853 g/mol. The normalized spacial score (nSPS) is 13.7. The van der Waals surface area contributed by atoms with E-state index in [0.717, 1.165) is 70.6 Å². The first-order chi connectivity index (χ1) is 29.6. The zero-order valence-electron chi connectivity index (χ0n) is 39.6. The molecule has 0 saturated carbocycles. The number of carbonyl (C=O) groups excluding carboxylic acids is 2. The quantitative estimate of drug-likeness (QED) is 0.0283. The molecule has 0 aromatic carbocycles. The van der Waals surface area contributed by atoms with Gasteiger partial charge < -0.3 is 23.8 Å². The lowest BCUT2D eigenvalue weighted by atomic mass is 10.1. The van der Waals surface area contributed by atoms with Crippen molar-refractivity contribution in [3.8, 4) is 0 Å². The van der Waals surface area contributed by atoms with Gasteiger partial charge in [-0.3, -0.25) is 9.59 Å². The Morgan fingerprint density at radius 3 is 1.43 bits per heavy atom. The van der Waals surface area contributed by atoms with Gasteiger partial charge >= 0.3 is 17.9 Å². The van der Waals surface area contributed by atoms with Gasteiger partial charge in [0.25, 0.3) is 0 Å². The van der Waals surface area contributed by atoms with Gasteiger partial charge in [0.2, 0.25) is 0 Å². The van der Waals surface area contributed by atoms with E-state index in [2.05, 4.69) is 86.8 Å². The third-order valence-corrected chi connectivity index (χ3v) is 10.3. The van der Waals surface area contributed by atoms with Crippen LogP contribution in [0, 0.1) is 0 Å². The Hall–Kier alpha value is -3.49. The minimum Gasteiger partial charge on any atom is -0.477 e. The first-order valence-electron chi connectivity index (χ1n) is 24.1. The van der Waals surface area contributed by atoms with Gasteiger partial charge in [0, 0.05) is 19.3 Å². The number of esters is 2. The maximum atomic E-state index is 12.8. The molecule has 0 saturated heterocycles. The summed E-state index contributed by atoms with van der Waals surface area (Å²) in [5.74, 6) is -1.59. The molecule has 0 aliphatic heterocycles. The highest BCUT2D eigenvalue weighted by atomic mass is 16.6. The second-order valence-electron chi connectivity index (χ2n) is 17.0. The smallest absolute Gasteiger partial charge is 0.362 e. The molecular weight excluding hydrogens is 763 g/mol. The number of unbranched alkanes of at least 4 members (excludes halogenated alkanes) is 14. The highest BCUT2D eigenvalue weighted by Crippen LogP contribution is 2.13. The number of quaternary nitrogens is 1. The molecule has 0 fully saturated rings. The lowest BCUT2D eigenvalue weighted by Gasteiger charge is -2.31. The van der Waals surface area contributed by atoms with E-state index < -0.39 is 18.1 Å². The fourth-order valence-electron chi connectivity index (χ4n) is 6.58. The lowest BCUT2D eigenvalue weighted by Crippen LogP contribution is -2.50. The number of hydrogen-bond donors (Lipinski definition) is 1. The van der Waals surface area contributed by atoms with Gasteiger partial charge in [-0.25, -0.2) is 4.79 Å². The molecule has 1 N–H and O–H groups in total. The van der Waals surface area contributed by atoms with Gasteiger partial charge in [0.1, 0.15) is 6.61 Å². The van der Waals surface area contributed by atoms with Crippen molar-refractivity contribution >= 4 is 17.9 Å². The maximum absolute atomic E-state index is 12.8. The second-order valence-corrected chi connectivity index (χ2v) is 17.0. The van der Waals surface area contributed by atoms with Crippen LogP contribution in [0.1, 0.15) is 181 Å². The molecule has 0 aliphatic rings. The summed E-state index contributed by atoms with van der Waals surface area (Å²) < 4.78 is 17.2. The molecule has 0 amide bonds. The van der Waals surface area contributed by atoms with Gasteiger partial charge in [-0.05, 0) is 77.0 Å². The molecule has 2 unspecified atom stereocenters. The van der Waals surface area contributed by atoms with E-state index in [9.17, 15) is 19.5 Å². The standard InChI is InChI=1S/C53H89NO7/c1-6-8-10-12-14-16-18-20-22-24-26-28-29-31-33-35-37-39-41-43-51(55)60-48-49(47-59-46-45-50(53(57)58)54(3,4)5)61-52(56)44-42-40-38-36-34-32-30-27-25-23-21-19-17-15-13-11-9-7-2/h8,10,14,16,20,22,26-28,30-31,33,37,39,49-50H,6-7,9,11-13,15,17-19,21,23-25,29,32,34-36,38,40-48H2,1-5H3/p+1/b10-8+,16-14+,22-20+,28-26+,30-27+,33-31+,39-37+. The summed E-state index contributed by atoms with van der Waals surface area (Å²) in [6.45, 7) is 4.53. The van der Waals surface area contributed by atoms with E-state index in [1.807, 2.05) is 33.3 Å².